The molecule has 2 rings (SSSR count). The predicted octanol–water partition coefficient (Wildman–Crippen LogP) is 3.35. The molecule has 3 nitrogen and oxygen atoms in total. The first-order valence-corrected chi connectivity index (χ1v) is 7.44. The smallest absolute Gasteiger partial charge is 0.119 e. The molecule has 1 saturated heterocycles. The highest BCUT2D eigenvalue weighted by atomic mass is 16.5. The summed E-state index contributed by atoms with van der Waals surface area (Å²) in [6.07, 6.45) is 3.92. The zero-order valence-electron chi connectivity index (χ0n) is 12.4. The maximum Gasteiger partial charge on any atom is 0.119 e. The van der Waals surface area contributed by atoms with Gasteiger partial charge in [-0.3, -0.25) is 5.43 Å². The van der Waals surface area contributed by atoms with Crippen LogP contribution in [0.4, 0.5) is 0 Å². The van der Waals surface area contributed by atoms with E-state index in [0.717, 1.165) is 18.9 Å². The van der Waals surface area contributed by atoms with Crippen LogP contribution in [0.15, 0.2) is 24.3 Å². The number of hydrogen-bond donors (Lipinski definition) is 1. The molecule has 1 N–H and O–H groups in total. The number of hydrogen-bond acceptors (Lipinski definition) is 3. The molecule has 2 atom stereocenters. The van der Waals surface area contributed by atoms with Crippen LogP contribution in [-0.2, 0) is 6.54 Å². The van der Waals surface area contributed by atoms with Crippen LogP contribution in [-0.4, -0.2) is 23.7 Å². The van der Waals surface area contributed by atoms with Gasteiger partial charge in [-0.2, -0.15) is 0 Å². The van der Waals surface area contributed by atoms with Crippen molar-refractivity contribution in [1.29, 1.82) is 0 Å². The minimum absolute atomic E-state index is 0.624. The summed E-state index contributed by atoms with van der Waals surface area (Å²) in [5, 5.41) is 2.41. The van der Waals surface area contributed by atoms with E-state index < -0.39 is 0 Å². The number of piperidine rings is 1. The summed E-state index contributed by atoms with van der Waals surface area (Å²) in [5.41, 5.74) is 4.86. The molecule has 0 saturated carbocycles. The molecule has 1 aromatic carbocycles. The number of nitrogens with zero attached hydrogens (tertiary/aromatic N) is 1. The van der Waals surface area contributed by atoms with E-state index in [2.05, 4.69) is 42.5 Å². The minimum atomic E-state index is 0.624. The molecule has 2 unspecified atom stereocenters. The van der Waals surface area contributed by atoms with Crippen molar-refractivity contribution in [2.75, 3.05) is 6.61 Å². The molecular formula is C16H26N2O. The van der Waals surface area contributed by atoms with E-state index in [1.165, 1.54) is 24.8 Å². The lowest BCUT2D eigenvalue weighted by molar-refractivity contribution is 0.0435. The summed E-state index contributed by atoms with van der Waals surface area (Å²) in [4.78, 5) is 0. The molecule has 3 heteroatoms. The largest absolute Gasteiger partial charge is 0.494 e. The van der Waals surface area contributed by atoms with Crippen molar-refractivity contribution in [3.05, 3.63) is 29.8 Å². The second-order valence-corrected chi connectivity index (χ2v) is 5.45. The van der Waals surface area contributed by atoms with Gasteiger partial charge in [-0.15, -0.1) is 0 Å². The first-order chi connectivity index (χ1) is 9.20. The van der Waals surface area contributed by atoms with Crippen LogP contribution in [0.5, 0.6) is 5.75 Å². The van der Waals surface area contributed by atoms with E-state index in [1.807, 2.05) is 13.0 Å². The molecule has 1 fully saturated rings. The molecule has 19 heavy (non-hydrogen) atoms. The number of hydrazine groups is 1. The Bertz CT molecular complexity index is 384. The molecule has 1 heterocycles. The van der Waals surface area contributed by atoms with Crippen LogP contribution in [0, 0.1) is 0 Å². The molecule has 1 aliphatic heterocycles. The van der Waals surface area contributed by atoms with Gasteiger partial charge in [0.15, 0.2) is 0 Å². The zero-order chi connectivity index (χ0) is 13.7. The molecular weight excluding hydrogens is 236 g/mol. The first-order valence-electron chi connectivity index (χ1n) is 7.44. The fraction of sp³-hybridized carbons (Fsp3) is 0.625. The van der Waals surface area contributed by atoms with Crippen LogP contribution in [0.25, 0.3) is 0 Å². The van der Waals surface area contributed by atoms with Crippen LogP contribution >= 0.6 is 0 Å². The maximum absolute atomic E-state index is 5.54. The molecule has 0 aliphatic carbocycles. The van der Waals surface area contributed by atoms with Gasteiger partial charge >= 0.3 is 0 Å². The van der Waals surface area contributed by atoms with E-state index in [-0.39, 0.29) is 0 Å². The topological polar surface area (TPSA) is 24.5 Å². The van der Waals surface area contributed by atoms with Gasteiger partial charge in [0, 0.05) is 18.6 Å². The average molecular weight is 262 g/mol. The maximum atomic E-state index is 5.54. The normalized spacial score (nSPS) is 24.4. The number of ether oxygens (including phenoxy) is 1. The lowest BCUT2D eigenvalue weighted by atomic mass is 10.00. The molecule has 106 valence electrons. The second-order valence-electron chi connectivity index (χ2n) is 5.45. The van der Waals surface area contributed by atoms with Crippen molar-refractivity contribution in [2.45, 2.75) is 58.7 Å². The standard InChI is InChI=1S/C16H26N2O/c1-4-19-16-10-6-9-15(11-16)12-17-18-13(2)7-5-8-14(18)3/h6,9-11,13-14,17H,4-5,7-8,12H2,1-3H3. The minimum Gasteiger partial charge on any atom is -0.494 e. The van der Waals surface area contributed by atoms with Gasteiger partial charge in [0.1, 0.15) is 5.75 Å². The summed E-state index contributed by atoms with van der Waals surface area (Å²) in [6.45, 7) is 8.22. The number of nitrogens with one attached hydrogen (secondary N) is 1. The van der Waals surface area contributed by atoms with Gasteiger partial charge < -0.3 is 4.74 Å². The van der Waals surface area contributed by atoms with E-state index in [4.69, 9.17) is 4.74 Å². The Morgan fingerprint density at radius 2 is 2.00 bits per heavy atom. The zero-order valence-corrected chi connectivity index (χ0v) is 12.4. The van der Waals surface area contributed by atoms with Gasteiger partial charge in [0.25, 0.3) is 0 Å². The molecule has 1 aromatic rings. The highest BCUT2D eigenvalue weighted by molar-refractivity contribution is 5.28. The van der Waals surface area contributed by atoms with Crippen LogP contribution in [0.1, 0.15) is 45.6 Å². The first kappa shape index (κ1) is 14.4. The molecule has 0 radical (unpaired) electrons. The highest BCUT2D eigenvalue weighted by Gasteiger charge is 2.23. The average Bonchev–Trinajstić information content (AvgIpc) is 2.39. The van der Waals surface area contributed by atoms with Crippen LogP contribution in [0.3, 0.4) is 0 Å². The Labute approximate surface area is 116 Å². The van der Waals surface area contributed by atoms with Crippen molar-refractivity contribution < 1.29 is 4.74 Å². The van der Waals surface area contributed by atoms with E-state index in [1.54, 1.807) is 0 Å². The Hall–Kier alpha value is -1.06. The van der Waals surface area contributed by atoms with Gasteiger partial charge in [0.05, 0.1) is 6.61 Å². The third-order valence-electron chi connectivity index (χ3n) is 3.87. The SMILES string of the molecule is CCOc1cccc(CNN2C(C)CCCC2C)c1. The third-order valence-corrected chi connectivity index (χ3v) is 3.87. The van der Waals surface area contributed by atoms with Crippen LogP contribution in [0.2, 0.25) is 0 Å². The van der Waals surface area contributed by atoms with Crippen molar-refractivity contribution in [3.8, 4) is 5.75 Å². The van der Waals surface area contributed by atoms with Crippen molar-refractivity contribution in [2.24, 2.45) is 0 Å². The number of benzene rings is 1. The number of rotatable bonds is 5. The van der Waals surface area contributed by atoms with E-state index >= 15 is 0 Å². The third kappa shape index (κ3) is 3.95. The Kier molecular flexibility index (Phi) is 5.23. The monoisotopic (exact) mass is 262 g/mol. The van der Waals surface area contributed by atoms with E-state index in [0.29, 0.717) is 12.1 Å². The molecule has 1 aliphatic rings. The summed E-state index contributed by atoms with van der Waals surface area (Å²) in [5.74, 6) is 0.960. The highest BCUT2D eigenvalue weighted by Crippen LogP contribution is 2.21. The molecule has 0 bridgehead atoms. The summed E-state index contributed by atoms with van der Waals surface area (Å²) < 4.78 is 5.54. The van der Waals surface area contributed by atoms with Gasteiger partial charge in [-0.25, -0.2) is 5.01 Å². The summed E-state index contributed by atoms with van der Waals surface area (Å²) in [6, 6.07) is 9.59. The molecule has 0 spiro atoms. The lowest BCUT2D eigenvalue weighted by Gasteiger charge is -2.39. The van der Waals surface area contributed by atoms with E-state index in [9.17, 15) is 0 Å². The molecule has 0 aromatic heterocycles. The van der Waals surface area contributed by atoms with Gasteiger partial charge in [-0.05, 0) is 51.3 Å². The second kappa shape index (κ2) is 6.92. The van der Waals surface area contributed by atoms with Gasteiger partial charge in [0.2, 0.25) is 0 Å². The van der Waals surface area contributed by atoms with Crippen molar-refractivity contribution in [1.82, 2.24) is 10.4 Å². The van der Waals surface area contributed by atoms with Crippen LogP contribution < -0.4 is 10.2 Å². The predicted molar refractivity (Wildman–Crippen MR) is 79.1 cm³/mol. The molecule has 0 amide bonds. The van der Waals surface area contributed by atoms with Gasteiger partial charge in [-0.1, -0.05) is 18.6 Å². The Morgan fingerprint density at radius 1 is 1.26 bits per heavy atom. The fourth-order valence-electron chi connectivity index (χ4n) is 2.83. The van der Waals surface area contributed by atoms with Crippen molar-refractivity contribution in [3.63, 3.8) is 0 Å². The Morgan fingerprint density at radius 3 is 2.68 bits per heavy atom. The summed E-state index contributed by atoms with van der Waals surface area (Å²) >= 11 is 0. The summed E-state index contributed by atoms with van der Waals surface area (Å²) in [7, 11) is 0. The Balaban J connectivity index is 1.92. The quantitative estimate of drug-likeness (QED) is 0.880. The lowest BCUT2D eigenvalue weighted by Crippen LogP contribution is -2.51. The fourth-order valence-corrected chi connectivity index (χ4v) is 2.83. The van der Waals surface area contributed by atoms with Crippen molar-refractivity contribution >= 4 is 0 Å².